The Morgan fingerprint density at radius 3 is 2.33 bits per heavy atom. The zero-order chi connectivity index (χ0) is 15.4. The Morgan fingerprint density at radius 1 is 1.10 bits per heavy atom. The molecule has 21 heavy (non-hydrogen) atoms. The summed E-state index contributed by atoms with van der Waals surface area (Å²) >= 11 is 5.87. The Bertz CT molecular complexity index is 582. The molecule has 3 N–H and O–H groups in total. The fourth-order valence-electron chi connectivity index (χ4n) is 2.52. The maximum Gasteiger partial charge on any atom is 0.0943 e. The number of benzene rings is 2. The lowest BCUT2D eigenvalue weighted by Gasteiger charge is -2.26. The van der Waals surface area contributed by atoms with Gasteiger partial charge in [-0.3, -0.25) is 0 Å². The SMILES string of the molecule is Cc1ccccc1CC(C)C(N)C(O)c1ccc(Cl)cc1. The molecule has 0 saturated heterocycles. The van der Waals surface area contributed by atoms with E-state index in [4.69, 9.17) is 17.3 Å². The molecule has 0 aromatic heterocycles. The first-order valence-electron chi connectivity index (χ1n) is 7.22. The van der Waals surface area contributed by atoms with Gasteiger partial charge < -0.3 is 10.8 Å². The summed E-state index contributed by atoms with van der Waals surface area (Å²) in [6.45, 7) is 4.18. The number of hydrogen-bond donors (Lipinski definition) is 2. The van der Waals surface area contributed by atoms with E-state index in [2.05, 4.69) is 26.0 Å². The van der Waals surface area contributed by atoms with Crippen molar-refractivity contribution in [2.24, 2.45) is 11.7 Å². The lowest BCUT2D eigenvalue weighted by molar-refractivity contribution is 0.121. The van der Waals surface area contributed by atoms with E-state index in [0.29, 0.717) is 5.02 Å². The van der Waals surface area contributed by atoms with Gasteiger partial charge in [0.05, 0.1) is 6.10 Å². The monoisotopic (exact) mass is 303 g/mol. The van der Waals surface area contributed by atoms with Crippen LogP contribution in [-0.2, 0) is 6.42 Å². The van der Waals surface area contributed by atoms with Crippen LogP contribution in [-0.4, -0.2) is 11.1 Å². The molecule has 0 saturated carbocycles. The van der Waals surface area contributed by atoms with Crippen molar-refractivity contribution in [1.29, 1.82) is 0 Å². The van der Waals surface area contributed by atoms with Crippen LogP contribution in [0.2, 0.25) is 5.02 Å². The summed E-state index contributed by atoms with van der Waals surface area (Å²) in [5, 5.41) is 11.1. The number of hydrogen-bond acceptors (Lipinski definition) is 2. The van der Waals surface area contributed by atoms with Crippen molar-refractivity contribution in [3.8, 4) is 0 Å². The molecule has 0 radical (unpaired) electrons. The Morgan fingerprint density at radius 2 is 1.71 bits per heavy atom. The van der Waals surface area contributed by atoms with E-state index in [1.807, 2.05) is 24.3 Å². The summed E-state index contributed by atoms with van der Waals surface area (Å²) in [7, 11) is 0. The van der Waals surface area contributed by atoms with Gasteiger partial charge in [-0.05, 0) is 48.1 Å². The largest absolute Gasteiger partial charge is 0.387 e. The van der Waals surface area contributed by atoms with Gasteiger partial charge in [0.2, 0.25) is 0 Å². The van der Waals surface area contributed by atoms with Crippen molar-refractivity contribution in [3.05, 3.63) is 70.2 Å². The number of rotatable bonds is 5. The first kappa shape index (κ1) is 16.0. The van der Waals surface area contributed by atoms with Crippen LogP contribution < -0.4 is 5.73 Å². The molecule has 2 rings (SSSR count). The maximum absolute atomic E-state index is 10.4. The van der Waals surface area contributed by atoms with Crippen molar-refractivity contribution in [2.75, 3.05) is 0 Å². The molecular formula is C18H22ClNO. The Balaban J connectivity index is 2.06. The second-order valence-electron chi connectivity index (χ2n) is 5.68. The zero-order valence-corrected chi connectivity index (χ0v) is 13.2. The maximum atomic E-state index is 10.4. The first-order chi connectivity index (χ1) is 9.99. The molecule has 3 unspecified atom stereocenters. The molecule has 3 heteroatoms. The molecule has 0 aliphatic heterocycles. The van der Waals surface area contributed by atoms with E-state index in [1.165, 1.54) is 11.1 Å². The fraction of sp³-hybridized carbons (Fsp3) is 0.333. The molecule has 3 atom stereocenters. The summed E-state index contributed by atoms with van der Waals surface area (Å²) in [5.74, 6) is 0.178. The highest BCUT2D eigenvalue weighted by Crippen LogP contribution is 2.24. The van der Waals surface area contributed by atoms with E-state index in [-0.39, 0.29) is 12.0 Å². The molecule has 2 aromatic rings. The predicted octanol–water partition coefficient (Wildman–Crippen LogP) is 3.89. The molecule has 2 nitrogen and oxygen atoms in total. The minimum absolute atomic E-state index is 0.178. The molecule has 0 bridgehead atoms. The second-order valence-corrected chi connectivity index (χ2v) is 6.12. The molecule has 112 valence electrons. The molecule has 2 aromatic carbocycles. The van der Waals surface area contributed by atoms with Crippen molar-refractivity contribution in [2.45, 2.75) is 32.4 Å². The van der Waals surface area contributed by atoms with Crippen LogP contribution in [0.15, 0.2) is 48.5 Å². The predicted molar refractivity (Wildman–Crippen MR) is 88.4 cm³/mol. The average molecular weight is 304 g/mol. The number of aryl methyl sites for hydroxylation is 1. The van der Waals surface area contributed by atoms with Crippen LogP contribution in [0.25, 0.3) is 0 Å². The number of halogens is 1. The van der Waals surface area contributed by atoms with Gasteiger partial charge >= 0.3 is 0 Å². The third-order valence-electron chi connectivity index (χ3n) is 4.04. The van der Waals surface area contributed by atoms with Gasteiger partial charge in [0, 0.05) is 11.1 Å². The third-order valence-corrected chi connectivity index (χ3v) is 4.29. The van der Waals surface area contributed by atoms with Crippen molar-refractivity contribution < 1.29 is 5.11 Å². The highest BCUT2D eigenvalue weighted by atomic mass is 35.5. The van der Waals surface area contributed by atoms with Crippen LogP contribution in [0.5, 0.6) is 0 Å². The topological polar surface area (TPSA) is 46.2 Å². The van der Waals surface area contributed by atoms with Gasteiger partial charge in [0.1, 0.15) is 0 Å². The molecule has 0 amide bonds. The summed E-state index contributed by atoms with van der Waals surface area (Å²) in [6.07, 6.45) is 0.180. The highest BCUT2D eigenvalue weighted by Gasteiger charge is 2.23. The quantitative estimate of drug-likeness (QED) is 0.880. The Labute approximate surface area is 131 Å². The summed E-state index contributed by atoms with van der Waals surface area (Å²) in [6, 6.07) is 15.2. The number of aliphatic hydroxyl groups excluding tert-OH is 1. The van der Waals surface area contributed by atoms with Gasteiger partial charge in [0.25, 0.3) is 0 Å². The highest BCUT2D eigenvalue weighted by molar-refractivity contribution is 6.30. The van der Waals surface area contributed by atoms with E-state index >= 15 is 0 Å². The Hall–Kier alpha value is -1.35. The van der Waals surface area contributed by atoms with Gasteiger partial charge in [-0.15, -0.1) is 0 Å². The van der Waals surface area contributed by atoms with Crippen molar-refractivity contribution in [3.63, 3.8) is 0 Å². The smallest absolute Gasteiger partial charge is 0.0943 e. The van der Waals surface area contributed by atoms with Gasteiger partial charge in [-0.25, -0.2) is 0 Å². The molecule has 0 aliphatic rings. The van der Waals surface area contributed by atoms with E-state index < -0.39 is 6.10 Å². The minimum atomic E-state index is -0.679. The minimum Gasteiger partial charge on any atom is -0.387 e. The van der Waals surface area contributed by atoms with Gasteiger partial charge in [-0.1, -0.05) is 54.9 Å². The molecular weight excluding hydrogens is 282 g/mol. The third kappa shape index (κ3) is 4.07. The van der Waals surface area contributed by atoms with Crippen LogP contribution >= 0.6 is 11.6 Å². The number of aliphatic hydroxyl groups is 1. The van der Waals surface area contributed by atoms with E-state index in [0.717, 1.165) is 12.0 Å². The van der Waals surface area contributed by atoms with Crippen LogP contribution in [0.3, 0.4) is 0 Å². The first-order valence-corrected chi connectivity index (χ1v) is 7.60. The normalized spacial score (nSPS) is 15.5. The summed E-state index contributed by atoms with van der Waals surface area (Å²) in [5.41, 5.74) is 9.60. The zero-order valence-electron chi connectivity index (χ0n) is 12.5. The fourth-order valence-corrected chi connectivity index (χ4v) is 2.64. The standard InChI is InChI=1S/C18H22ClNO/c1-12-5-3-4-6-15(12)11-13(2)17(20)18(21)14-7-9-16(19)10-8-14/h3-10,13,17-18,21H,11,20H2,1-2H3. The lowest BCUT2D eigenvalue weighted by atomic mass is 9.87. The van der Waals surface area contributed by atoms with Crippen LogP contribution in [0, 0.1) is 12.8 Å². The van der Waals surface area contributed by atoms with Gasteiger partial charge in [0.15, 0.2) is 0 Å². The number of nitrogens with two attached hydrogens (primary N) is 1. The molecule has 0 aliphatic carbocycles. The molecule has 0 heterocycles. The Kier molecular flexibility index (Phi) is 5.40. The molecule has 0 fully saturated rings. The van der Waals surface area contributed by atoms with Gasteiger partial charge in [-0.2, -0.15) is 0 Å². The average Bonchev–Trinajstić information content (AvgIpc) is 2.49. The van der Waals surface area contributed by atoms with E-state index in [1.54, 1.807) is 12.1 Å². The molecule has 0 spiro atoms. The summed E-state index contributed by atoms with van der Waals surface area (Å²) in [4.78, 5) is 0. The van der Waals surface area contributed by atoms with Crippen LogP contribution in [0.1, 0.15) is 29.7 Å². The van der Waals surface area contributed by atoms with Crippen LogP contribution in [0.4, 0.5) is 0 Å². The summed E-state index contributed by atoms with van der Waals surface area (Å²) < 4.78 is 0. The second kappa shape index (κ2) is 7.08. The van der Waals surface area contributed by atoms with Crippen molar-refractivity contribution >= 4 is 11.6 Å². The lowest BCUT2D eigenvalue weighted by Crippen LogP contribution is -2.36. The van der Waals surface area contributed by atoms with Crippen molar-refractivity contribution in [1.82, 2.24) is 0 Å². The van der Waals surface area contributed by atoms with E-state index in [9.17, 15) is 5.11 Å².